The zero-order valence-electron chi connectivity index (χ0n) is 15.8. The second kappa shape index (κ2) is 8.22. The third kappa shape index (κ3) is 4.04. The lowest BCUT2D eigenvalue weighted by Crippen LogP contribution is -2.54. The van der Waals surface area contributed by atoms with Crippen LogP contribution in [0.3, 0.4) is 0 Å². The SMILES string of the molecule is COc1cc(/C=C2/C(=O)NC(=S)N(c3ccccc3)C2=O)ccc1OC(C)C. The van der Waals surface area contributed by atoms with Crippen LogP contribution >= 0.6 is 12.2 Å². The number of nitrogens with zero attached hydrogens (tertiary/aromatic N) is 1. The summed E-state index contributed by atoms with van der Waals surface area (Å²) in [5.74, 6) is 0.0818. The van der Waals surface area contributed by atoms with Crippen LogP contribution in [-0.2, 0) is 9.59 Å². The van der Waals surface area contributed by atoms with E-state index < -0.39 is 11.8 Å². The molecule has 2 amide bonds. The van der Waals surface area contributed by atoms with Crippen molar-refractivity contribution < 1.29 is 19.1 Å². The number of methoxy groups -OCH3 is 1. The van der Waals surface area contributed by atoms with Crippen molar-refractivity contribution in [3.8, 4) is 11.5 Å². The fourth-order valence-electron chi connectivity index (χ4n) is 2.76. The van der Waals surface area contributed by atoms with E-state index in [1.54, 1.807) is 42.5 Å². The minimum atomic E-state index is -0.538. The van der Waals surface area contributed by atoms with E-state index in [9.17, 15) is 9.59 Å². The first-order chi connectivity index (χ1) is 13.4. The monoisotopic (exact) mass is 396 g/mol. The molecule has 6 nitrogen and oxygen atoms in total. The molecule has 0 unspecified atom stereocenters. The van der Waals surface area contributed by atoms with Gasteiger partial charge in [0.1, 0.15) is 5.57 Å². The summed E-state index contributed by atoms with van der Waals surface area (Å²) in [6, 6.07) is 14.1. The smallest absolute Gasteiger partial charge is 0.270 e. The quantitative estimate of drug-likeness (QED) is 0.477. The van der Waals surface area contributed by atoms with Crippen LogP contribution in [0.25, 0.3) is 6.08 Å². The lowest BCUT2D eigenvalue weighted by Gasteiger charge is -2.28. The van der Waals surface area contributed by atoms with Gasteiger partial charge in [-0.1, -0.05) is 24.3 Å². The first kappa shape index (κ1) is 19.6. The molecule has 1 heterocycles. The predicted molar refractivity (Wildman–Crippen MR) is 111 cm³/mol. The number of ether oxygens (including phenoxy) is 2. The number of hydrogen-bond donors (Lipinski definition) is 1. The number of hydrogen-bond acceptors (Lipinski definition) is 5. The van der Waals surface area contributed by atoms with E-state index in [1.807, 2.05) is 19.9 Å². The molecule has 0 spiro atoms. The molecule has 3 rings (SSSR count). The molecule has 1 aliphatic heterocycles. The average Bonchev–Trinajstić information content (AvgIpc) is 2.66. The van der Waals surface area contributed by atoms with E-state index in [4.69, 9.17) is 21.7 Å². The molecule has 0 atom stereocenters. The van der Waals surface area contributed by atoms with Crippen molar-refractivity contribution in [2.75, 3.05) is 12.0 Å². The fourth-order valence-corrected chi connectivity index (χ4v) is 3.04. The van der Waals surface area contributed by atoms with Crippen LogP contribution in [0.15, 0.2) is 54.1 Å². The number of carbonyl (C=O) groups is 2. The summed E-state index contributed by atoms with van der Waals surface area (Å²) in [6.45, 7) is 3.84. The van der Waals surface area contributed by atoms with E-state index in [0.717, 1.165) is 0 Å². The van der Waals surface area contributed by atoms with E-state index in [2.05, 4.69) is 5.32 Å². The summed E-state index contributed by atoms with van der Waals surface area (Å²) in [6.07, 6.45) is 1.50. The molecule has 28 heavy (non-hydrogen) atoms. The molecule has 1 aliphatic rings. The highest BCUT2D eigenvalue weighted by molar-refractivity contribution is 7.80. The van der Waals surface area contributed by atoms with Gasteiger partial charge in [0.2, 0.25) is 0 Å². The zero-order chi connectivity index (χ0) is 20.3. The highest BCUT2D eigenvalue weighted by Crippen LogP contribution is 2.30. The molecule has 2 aromatic rings. The molecule has 2 aromatic carbocycles. The van der Waals surface area contributed by atoms with Crippen LogP contribution in [0.4, 0.5) is 5.69 Å². The van der Waals surface area contributed by atoms with Crippen LogP contribution in [0.5, 0.6) is 11.5 Å². The van der Waals surface area contributed by atoms with E-state index in [1.165, 1.54) is 18.1 Å². The molecule has 0 saturated carbocycles. The molecule has 0 radical (unpaired) electrons. The first-order valence-electron chi connectivity index (χ1n) is 8.72. The van der Waals surface area contributed by atoms with Gasteiger partial charge in [-0.05, 0) is 62.0 Å². The van der Waals surface area contributed by atoms with Crippen molar-refractivity contribution in [1.82, 2.24) is 5.32 Å². The van der Waals surface area contributed by atoms with Gasteiger partial charge < -0.3 is 9.47 Å². The van der Waals surface area contributed by atoms with Gasteiger partial charge in [-0.2, -0.15) is 0 Å². The Balaban J connectivity index is 1.97. The van der Waals surface area contributed by atoms with Gasteiger partial charge in [-0.15, -0.1) is 0 Å². The number of amides is 2. The van der Waals surface area contributed by atoms with E-state index in [0.29, 0.717) is 22.7 Å². The maximum atomic E-state index is 13.0. The highest BCUT2D eigenvalue weighted by atomic mass is 32.1. The third-order valence-corrected chi connectivity index (χ3v) is 4.26. The minimum Gasteiger partial charge on any atom is -0.493 e. The summed E-state index contributed by atoms with van der Waals surface area (Å²) in [4.78, 5) is 26.7. The Bertz CT molecular complexity index is 954. The molecule has 0 aromatic heterocycles. The normalized spacial score (nSPS) is 15.8. The maximum absolute atomic E-state index is 13.0. The largest absolute Gasteiger partial charge is 0.493 e. The van der Waals surface area contributed by atoms with Crippen LogP contribution in [0.2, 0.25) is 0 Å². The number of thiocarbonyl (C=S) groups is 1. The second-order valence-corrected chi connectivity index (χ2v) is 6.76. The Morgan fingerprint density at radius 3 is 2.43 bits per heavy atom. The van der Waals surface area contributed by atoms with Gasteiger partial charge in [-0.3, -0.25) is 19.8 Å². The first-order valence-corrected chi connectivity index (χ1v) is 9.12. The van der Waals surface area contributed by atoms with Crippen LogP contribution in [0.1, 0.15) is 19.4 Å². The standard InChI is InChI=1S/C21H20N2O4S/c1-13(2)27-17-10-9-14(12-18(17)26-3)11-16-19(24)22-21(28)23(20(16)25)15-7-5-4-6-8-15/h4-13H,1-3H3,(H,22,24,28)/b16-11-. The van der Waals surface area contributed by atoms with Crippen molar-refractivity contribution in [1.29, 1.82) is 0 Å². The molecular formula is C21H20N2O4S. The van der Waals surface area contributed by atoms with Crippen molar-refractivity contribution in [3.05, 3.63) is 59.7 Å². The number of nitrogens with one attached hydrogen (secondary N) is 1. The van der Waals surface area contributed by atoms with Gasteiger partial charge in [0.15, 0.2) is 16.6 Å². The number of para-hydroxylation sites is 1. The maximum Gasteiger partial charge on any atom is 0.270 e. The van der Waals surface area contributed by atoms with Crippen molar-refractivity contribution in [2.24, 2.45) is 0 Å². The third-order valence-electron chi connectivity index (χ3n) is 3.98. The number of carbonyl (C=O) groups excluding carboxylic acids is 2. The van der Waals surface area contributed by atoms with Crippen molar-refractivity contribution in [2.45, 2.75) is 20.0 Å². The Morgan fingerprint density at radius 2 is 1.79 bits per heavy atom. The lowest BCUT2D eigenvalue weighted by molar-refractivity contribution is -0.122. The summed E-state index contributed by atoms with van der Waals surface area (Å²) in [5.41, 5.74) is 1.20. The van der Waals surface area contributed by atoms with Gasteiger partial charge in [0, 0.05) is 0 Å². The number of anilines is 1. The fraction of sp³-hybridized carbons (Fsp3) is 0.190. The molecular weight excluding hydrogens is 376 g/mol. The highest BCUT2D eigenvalue weighted by Gasteiger charge is 2.34. The van der Waals surface area contributed by atoms with E-state index in [-0.39, 0.29) is 16.8 Å². The Morgan fingerprint density at radius 1 is 1.07 bits per heavy atom. The van der Waals surface area contributed by atoms with Crippen LogP contribution in [0, 0.1) is 0 Å². The lowest BCUT2D eigenvalue weighted by atomic mass is 10.1. The number of benzene rings is 2. The van der Waals surface area contributed by atoms with Crippen molar-refractivity contribution >= 4 is 40.9 Å². The topological polar surface area (TPSA) is 67.9 Å². The Kier molecular flexibility index (Phi) is 5.75. The molecule has 0 bridgehead atoms. The number of rotatable bonds is 5. The minimum absolute atomic E-state index is 0.00996. The Labute approximate surface area is 168 Å². The summed E-state index contributed by atoms with van der Waals surface area (Å²) in [7, 11) is 1.54. The predicted octanol–water partition coefficient (Wildman–Crippen LogP) is 3.31. The summed E-state index contributed by atoms with van der Waals surface area (Å²) in [5, 5.41) is 2.62. The Hall–Kier alpha value is -3.19. The molecule has 144 valence electrons. The second-order valence-electron chi connectivity index (χ2n) is 6.37. The van der Waals surface area contributed by atoms with Crippen molar-refractivity contribution in [3.63, 3.8) is 0 Å². The molecule has 0 aliphatic carbocycles. The molecule has 1 fully saturated rings. The van der Waals surface area contributed by atoms with Gasteiger partial charge in [0.25, 0.3) is 11.8 Å². The van der Waals surface area contributed by atoms with Gasteiger partial charge in [-0.25, -0.2) is 0 Å². The zero-order valence-corrected chi connectivity index (χ0v) is 16.6. The average molecular weight is 396 g/mol. The molecule has 1 N–H and O–H groups in total. The summed E-state index contributed by atoms with van der Waals surface area (Å²) >= 11 is 5.19. The summed E-state index contributed by atoms with van der Waals surface area (Å²) < 4.78 is 11.1. The van der Waals surface area contributed by atoms with Crippen LogP contribution < -0.4 is 19.7 Å². The molecule has 7 heteroatoms. The van der Waals surface area contributed by atoms with Gasteiger partial charge >= 0.3 is 0 Å². The molecule has 1 saturated heterocycles. The van der Waals surface area contributed by atoms with Gasteiger partial charge in [0.05, 0.1) is 18.9 Å². The van der Waals surface area contributed by atoms with E-state index >= 15 is 0 Å². The van der Waals surface area contributed by atoms with Crippen LogP contribution in [-0.4, -0.2) is 30.1 Å².